The minimum Gasteiger partial charge on any atom is -0.481 e. The summed E-state index contributed by atoms with van der Waals surface area (Å²) in [6, 6.07) is 4.35. The van der Waals surface area contributed by atoms with Gasteiger partial charge in [0.15, 0.2) is 0 Å². The Balaban J connectivity index is 2.09. The number of rotatable bonds is 5. The molecule has 1 heterocycles. The van der Waals surface area contributed by atoms with Crippen molar-refractivity contribution in [3.63, 3.8) is 0 Å². The summed E-state index contributed by atoms with van der Waals surface area (Å²) in [7, 11) is 1.56. The molecule has 0 unspecified atom stereocenters. The lowest BCUT2D eigenvalue weighted by Gasteiger charge is -2.15. The maximum absolute atomic E-state index is 13.2. The maximum Gasteiger partial charge on any atom is 0.305 e. The van der Waals surface area contributed by atoms with Gasteiger partial charge in [0.1, 0.15) is 5.82 Å². The number of nitrogens with zero attached hydrogens (tertiary/aromatic N) is 1. The molecule has 5 nitrogen and oxygen atoms in total. The number of likely N-dealkylation sites (N-methyl/N-ethyl adjacent to an activating group) is 1. The molecule has 0 aliphatic heterocycles. The molecule has 0 saturated carbocycles. The van der Waals surface area contributed by atoms with Gasteiger partial charge in [-0.25, -0.2) is 4.39 Å². The van der Waals surface area contributed by atoms with E-state index in [2.05, 4.69) is 4.98 Å². The second-order valence-electron chi connectivity index (χ2n) is 4.64. The molecule has 0 fully saturated rings. The summed E-state index contributed by atoms with van der Waals surface area (Å²) in [6.45, 7) is 0.158. The van der Waals surface area contributed by atoms with Gasteiger partial charge in [0.25, 0.3) is 0 Å². The number of aliphatic carboxylic acids is 1. The first-order valence-corrected chi connectivity index (χ1v) is 6.18. The number of hydrogen-bond acceptors (Lipinski definition) is 2. The third-order valence-electron chi connectivity index (χ3n) is 3.16. The molecule has 1 aromatic carbocycles. The van der Waals surface area contributed by atoms with Crippen molar-refractivity contribution in [1.29, 1.82) is 0 Å². The molecule has 106 valence electrons. The van der Waals surface area contributed by atoms with E-state index in [1.807, 2.05) is 0 Å². The Hall–Kier alpha value is -2.37. The Kier molecular flexibility index (Phi) is 4.02. The number of H-pyrrole nitrogens is 1. The van der Waals surface area contributed by atoms with Crippen LogP contribution in [0, 0.1) is 5.82 Å². The molecule has 0 radical (unpaired) electrons. The first-order chi connectivity index (χ1) is 9.47. The van der Waals surface area contributed by atoms with Gasteiger partial charge in [-0.1, -0.05) is 0 Å². The largest absolute Gasteiger partial charge is 0.481 e. The van der Waals surface area contributed by atoms with Crippen molar-refractivity contribution in [2.24, 2.45) is 0 Å². The highest BCUT2D eigenvalue weighted by atomic mass is 19.1. The highest BCUT2D eigenvalue weighted by molar-refractivity contribution is 5.89. The Morgan fingerprint density at radius 3 is 2.85 bits per heavy atom. The van der Waals surface area contributed by atoms with E-state index in [9.17, 15) is 14.0 Å². The molecule has 0 spiro atoms. The van der Waals surface area contributed by atoms with Gasteiger partial charge in [0, 0.05) is 30.7 Å². The number of hydrogen-bond donors (Lipinski definition) is 2. The van der Waals surface area contributed by atoms with E-state index in [4.69, 9.17) is 5.11 Å². The SMILES string of the molecule is CN(CCC(=O)O)C(=O)Cc1c[nH]c2ccc(F)cc12. The van der Waals surface area contributed by atoms with Crippen LogP contribution in [0.5, 0.6) is 0 Å². The number of fused-ring (bicyclic) bond motifs is 1. The standard InChI is InChI=1S/C14H15FN2O3/c1-17(5-4-14(19)20)13(18)6-9-8-16-12-3-2-10(15)7-11(9)12/h2-3,7-8,16H,4-6H2,1H3,(H,19,20). The third-order valence-corrected chi connectivity index (χ3v) is 3.16. The molecule has 6 heteroatoms. The number of carbonyl (C=O) groups is 2. The number of halogens is 1. The minimum atomic E-state index is -0.946. The molecule has 2 rings (SSSR count). The van der Waals surface area contributed by atoms with Crippen molar-refractivity contribution >= 4 is 22.8 Å². The number of carboxylic acids is 1. The summed E-state index contributed by atoms with van der Waals surface area (Å²) in [4.78, 5) is 26.8. The summed E-state index contributed by atoms with van der Waals surface area (Å²) in [5.41, 5.74) is 1.47. The topological polar surface area (TPSA) is 73.4 Å². The van der Waals surface area contributed by atoms with Gasteiger partial charge < -0.3 is 15.0 Å². The van der Waals surface area contributed by atoms with Gasteiger partial charge in [-0.05, 0) is 23.8 Å². The van der Waals surface area contributed by atoms with E-state index in [0.29, 0.717) is 10.9 Å². The predicted molar refractivity (Wildman–Crippen MR) is 71.9 cm³/mol. The third kappa shape index (κ3) is 3.14. The Labute approximate surface area is 115 Å². The lowest BCUT2D eigenvalue weighted by Crippen LogP contribution is -2.30. The lowest BCUT2D eigenvalue weighted by molar-refractivity contribution is -0.138. The minimum absolute atomic E-state index is 0.0925. The fourth-order valence-electron chi connectivity index (χ4n) is 1.98. The summed E-state index contributed by atoms with van der Waals surface area (Å²) in [6.07, 6.45) is 1.69. The highest BCUT2D eigenvalue weighted by Gasteiger charge is 2.14. The van der Waals surface area contributed by atoms with Crippen LogP contribution in [-0.2, 0) is 16.0 Å². The maximum atomic E-state index is 13.2. The molecule has 0 atom stereocenters. The highest BCUT2D eigenvalue weighted by Crippen LogP contribution is 2.20. The van der Waals surface area contributed by atoms with E-state index in [-0.39, 0.29) is 31.1 Å². The van der Waals surface area contributed by atoms with Crippen molar-refractivity contribution in [2.45, 2.75) is 12.8 Å². The molecular formula is C14H15FN2O3. The van der Waals surface area contributed by atoms with Crippen molar-refractivity contribution in [3.8, 4) is 0 Å². The molecule has 0 saturated heterocycles. The molecule has 20 heavy (non-hydrogen) atoms. The summed E-state index contributed by atoms with van der Waals surface area (Å²) in [5, 5.41) is 9.26. The average molecular weight is 278 g/mol. The van der Waals surface area contributed by atoms with Crippen LogP contribution in [0.4, 0.5) is 4.39 Å². The number of amides is 1. The van der Waals surface area contributed by atoms with Crippen LogP contribution in [0.2, 0.25) is 0 Å². The fraction of sp³-hybridized carbons (Fsp3) is 0.286. The van der Waals surface area contributed by atoms with Gasteiger partial charge in [-0.2, -0.15) is 0 Å². The molecule has 1 aromatic heterocycles. The molecule has 1 amide bonds. The van der Waals surface area contributed by atoms with E-state index in [0.717, 1.165) is 5.52 Å². The predicted octanol–water partition coefficient (Wildman–Crippen LogP) is 1.78. The number of aromatic amines is 1. The molecule has 0 aliphatic rings. The van der Waals surface area contributed by atoms with E-state index < -0.39 is 5.97 Å². The van der Waals surface area contributed by atoms with Crippen LogP contribution in [0.3, 0.4) is 0 Å². The van der Waals surface area contributed by atoms with E-state index in [1.54, 1.807) is 19.3 Å². The Morgan fingerprint density at radius 2 is 2.15 bits per heavy atom. The van der Waals surface area contributed by atoms with Gasteiger partial charge in [-0.15, -0.1) is 0 Å². The lowest BCUT2D eigenvalue weighted by atomic mass is 10.1. The van der Waals surface area contributed by atoms with Crippen molar-refractivity contribution in [2.75, 3.05) is 13.6 Å². The molecule has 2 N–H and O–H groups in total. The molecule has 2 aromatic rings. The van der Waals surface area contributed by atoms with Crippen molar-refractivity contribution in [1.82, 2.24) is 9.88 Å². The van der Waals surface area contributed by atoms with Crippen LogP contribution < -0.4 is 0 Å². The van der Waals surface area contributed by atoms with Crippen LogP contribution in [-0.4, -0.2) is 40.5 Å². The van der Waals surface area contributed by atoms with E-state index >= 15 is 0 Å². The average Bonchev–Trinajstić information content (AvgIpc) is 2.78. The first kappa shape index (κ1) is 14.0. The zero-order valence-corrected chi connectivity index (χ0v) is 11.0. The van der Waals surface area contributed by atoms with Crippen LogP contribution in [0.1, 0.15) is 12.0 Å². The quantitative estimate of drug-likeness (QED) is 0.875. The second-order valence-corrected chi connectivity index (χ2v) is 4.64. The van der Waals surface area contributed by atoms with Gasteiger partial charge in [0.05, 0.1) is 12.8 Å². The van der Waals surface area contributed by atoms with E-state index in [1.165, 1.54) is 17.0 Å². The summed E-state index contributed by atoms with van der Waals surface area (Å²) < 4.78 is 13.2. The smallest absolute Gasteiger partial charge is 0.305 e. The number of carbonyl (C=O) groups excluding carboxylic acids is 1. The van der Waals surface area contributed by atoms with Gasteiger partial charge in [0.2, 0.25) is 5.91 Å². The number of aromatic nitrogens is 1. The monoisotopic (exact) mass is 278 g/mol. The number of benzene rings is 1. The summed E-state index contributed by atoms with van der Waals surface area (Å²) in [5.74, 6) is -1.50. The normalized spacial score (nSPS) is 10.7. The fourth-order valence-corrected chi connectivity index (χ4v) is 1.98. The Bertz CT molecular complexity index is 651. The van der Waals surface area contributed by atoms with Crippen LogP contribution >= 0.6 is 0 Å². The number of carboxylic acid groups (broad SMARTS) is 1. The molecular weight excluding hydrogens is 263 g/mol. The second kappa shape index (κ2) is 5.73. The zero-order valence-electron chi connectivity index (χ0n) is 11.0. The Morgan fingerprint density at radius 1 is 1.40 bits per heavy atom. The van der Waals surface area contributed by atoms with Crippen molar-refractivity contribution < 1.29 is 19.1 Å². The zero-order chi connectivity index (χ0) is 14.7. The summed E-state index contributed by atoms with van der Waals surface area (Å²) >= 11 is 0. The van der Waals surface area contributed by atoms with Gasteiger partial charge in [-0.3, -0.25) is 9.59 Å². The number of nitrogens with one attached hydrogen (secondary N) is 1. The first-order valence-electron chi connectivity index (χ1n) is 6.18. The van der Waals surface area contributed by atoms with Crippen LogP contribution in [0.25, 0.3) is 10.9 Å². The van der Waals surface area contributed by atoms with Gasteiger partial charge >= 0.3 is 5.97 Å². The molecule has 0 aliphatic carbocycles. The van der Waals surface area contributed by atoms with Crippen molar-refractivity contribution in [3.05, 3.63) is 35.8 Å². The molecule has 0 bridgehead atoms. The van der Waals surface area contributed by atoms with Crippen LogP contribution in [0.15, 0.2) is 24.4 Å².